The summed E-state index contributed by atoms with van der Waals surface area (Å²) in [5.74, 6) is 1.02. The normalized spacial score (nSPS) is 17.9. The number of amides is 1. The molecule has 1 saturated heterocycles. The predicted molar refractivity (Wildman–Crippen MR) is 84.2 cm³/mol. The first-order valence-corrected chi connectivity index (χ1v) is 8.04. The van der Waals surface area contributed by atoms with Gasteiger partial charge in [0.2, 0.25) is 11.8 Å². The molecular formula is C18H21FN2O2. The lowest BCUT2D eigenvalue weighted by Crippen LogP contribution is -2.33. The van der Waals surface area contributed by atoms with E-state index in [-0.39, 0.29) is 23.7 Å². The van der Waals surface area contributed by atoms with Crippen LogP contribution < -0.4 is 0 Å². The van der Waals surface area contributed by atoms with E-state index in [0.717, 1.165) is 19.4 Å². The molecule has 0 bridgehead atoms. The molecular weight excluding hydrogens is 295 g/mol. The van der Waals surface area contributed by atoms with Gasteiger partial charge >= 0.3 is 0 Å². The summed E-state index contributed by atoms with van der Waals surface area (Å²) < 4.78 is 19.5. The van der Waals surface area contributed by atoms with Crippen molar-refractivity contribution in [1.82, 2.24) is 9.88 Å². The van der Waals surface area contributed by atoms with E-state index >= 15 is 0 Å². The summed E-state index contributed by atoms with van der Waals surface area (Å²) in [5, 5.41) is 0. The maximum atomic E-state index is 13.7. The number of oxazole rings is 1. The topological polar surface area (TPSA) is 46.3 Å². The van der Waals surface area contributed by atoms with Crippen molar-refractivity contribution in [3.8, 4) is 0 Å². The average Bonchev–Trinajstić information content (AvgIpc) is 3.17. The Morgan fingerprint density at radius 3 is 2.96 bits per heavy atom. The second-order valence-corrected chi connectivity index (χ2v) is 6.28. The van der Waals surface area contributed by atoms with Gasteiger partial charge in [0, 0.05) is 18.9 Å². The van der Waals surface area contributed by atoms with Gasteiger partial charge in [0.1, 0.15) is 17.6 Å². The maximum absolute atomic E-state index is 13.7. The van der Waals surface area contributed by atoms with Crippen LogP contribution in [-0.2, 0) is 11.2 Å². The fourth-order valence-corrected chi connectivity index (χ4v) is 3.01. The molecule has 0 saturated carbocycles. The molecule has 5 heteroatoms. The van der Waals surface area contributed by atoms with E-state index in [1.54, 1.807) is 24.4 Å². The number of aromatic nitrogens is 1. The van der Waals surface area contributed by atoms with Crippen molar-refractivity contribution in [1.29, 1.82) is 0 Å². The molecule has 1 atom stereocenters. The van der Waals surface area contributed by atoms with Crippen LogP contribution in [0.3, 0.4) is 0 Å². The monoisotopic (exact) mass is 316 g/mol. The van der Waals surface area contributed by atoms with Crippen LogP contribution in [0.4, 0.5) is 4.39 Å². The Hall–Kier alpha value is -2.17. The van der Waals surface area contributed by atoms with Gasteiger partial charge in [-0.15, -0.1) is 0 Å². The highest BCUT2D eigenvalue weighted by molar-refractivity contribution is 5.78. The fraction of sp³-hybridized carbons (Fsp3) is 0.444. The SMILES string of the molecule is CC(C)C(=O)N1CCCC1c1ncc(Cc2ccccc2F)o1. The Balaban J connectivity index is 1.76. The number of halogens is 1. The molecule has 2 aromatic rings. The van der Waals surface area contributed by atoms with E-state index in [1.807, 2.05) is 18.7 Å². The van der Waals surface area contributed by atoms with Crippen LogP contribution in [0, 0.1) is 11.7 Å². The van der Waals surface area contributed by atoms with E-state index in [9.17, 15) is 9.18 Å². The van der Waals surface area contributed by atoms with E-state index in [1.165, 1.54) is 6.07 Å². The molecule has 1 amide bonds. The lowest BCUT2D eigenvalue weighted by Gasteiger charge is -2.24. The number of likely N-dealkylation sites (tertiary alicyclic amines) is 1. The van der Waals surface area contributed by atoms with Gasteiger partial charge < -0.3 is 9.32 Å². The van der Waals surface area contributed by atoms with Crippen LogP contribution in [0.25, 0.3) is 0 Å². The van der Waals surface area contributed by atoms with Gasteiger partial charge in [-0.3, -0.25) is 4.79 Å². The Labute approximate surface area is 135 Å². The Morgan fingerprint density at radius 2 is 2.22 bits per heavy atom. The number of benzene rings is 1. The lowest BCUT2D eigenvalue weighted by atomic mass is 10.1. The highest BCUT2D eigenvalue weighted by Crippen LogP contribution is 2.33. The zero-order valence-corrected chi connectivity index (χ0v) is 13.5. The third-order valence-corrected chi connectivity index (χ3v) is 4.21. The lowest BCUT2D eigenvalue weighted by molar-refractivity contribution is -0.135. The second kappa shape index (κ2) is 6.52. The smallest absolute Gasteiger partial charge is 0.225 e. The van der Waals surface area contributed by atoms with Crippen molar-refractivity contribution in [3.05, 3.63) is 53.5 Å². The summed E-state index contributed by atoms with van der Waals surface area (Å²) in [6.45, 7) is 4.54. The molecule has 122 valence electrons. The number of carbonyl (C=O) groups is 1. The quantitative estimate of drug-likeness (QED) is 0.863. The molecule has 1 aliphatic heterocycles. The highest BCUT2D eigenvalue weighted by atomic mass is 19.1. The first-order valence-electron chi connectivity index (χ1n) is 8.04. The zero-order chi connectivity index (χ0) is 16.4. The molecule has 0 radical (unpaired) electrons. The van der Waals surface area contributed by atoms with E-state index in [0.29, 0.717) is 23.6 Å². The second-order valence-electron chi connectivity index (χ2n) is 6.28. The number of hydrogen-bond acceptors (Lipinski definition) is 3. The van der Waals surface area contributed by atoms with Crippen LogP contribution in [0.1, 0.15) is 49.9 Å². The van der Waals surface area contributed by atoms with E-state index in [2.05, 4.69) is 4.98 Å². The number of hydrogen-bond donors (Lipinski definition) is 0. The molecule has 2 heterocycles. The van der Waals surface area contributed by atoms with E-state index < -0.39 is 0 Å². The van der Waals surface area contributed by atoms with E-state index in [4.69, 9.17) is 4.42 Å². The Bertz CT molecular complexity index is 696. The predicted octanol–water partition coefficient (Wildman–Crippen LogP) is 3.72. The summed E-state index contributed by atoms with van der Waals surface area (Å²) in [7, 11) is 0. The van der Waals surface area contributed by atoms with Gasteiger partial charge in [-0.2, -0.15) is 0 Å². The Kier molecular flexibility index (Phi) is 4.46. The van der Waals surface area contributed by atoms with Crippen LogP contribution in [0.2, 0.25) is 0 Å². The molecule has 1 aromatic heterocycles. The van der Waals surface area contributed by atoms with Gasteiger partial charge in [-0.1, -0.05) is 32.0 Å². The highest BCUT2D eigenvalue weighted by Gasteiger charge is 2.34. The van der Waals surface area contributed by atoms with Gasteiger partial charge in [-0.05, 0) is 24.5 Å². The zero-order valence-electron chi connectivity index (χ0n) is 13.5. The number of nitrogens with zero attached hydrogens (tertiary/aromatic N) is 2. The molecule has 1 fully saturated rings. The molecule has 3 rings (SSSR count). The van der Waals surface area contributed by atoms with Gasteiger partial charge in [0.05, 0.1) is 6.20 Å². The maximum Gasteiger partial charge on any atom is 0.225 e. The molecule has 1 unspecified atom stereocenters. The fourth-order valence-electron chi connectivity index (χ4n) is 3.01. The summed E-state index contributed by atoms with van der Waals surface area (Å²) in [5.41, 5.74) is 0.580. The van der Waals surface area contributed by atoms with Crippen LogP contribution in [0.15, 0.2) is 34.9 Å². The minimum absolute atomic E-state index is 0.0385. The third kappa shape index (κ3) is 3.28. The molecule has 4 nitrogen and oxygen atoms in total. The van der Waals surface area contributed by atoms with Crippen LogP contribution >= 0.6 is 0 Å². The Morgan fingerprint density at radius 1 is 1.43 bits per heavy atom. The van der Waals surface area contributed by atoms with Gasteiger partial charge in [-0.25, -0.2) is 9.37 Å². The molecule has 1 aliphatic rings. The summed E-state index contributed by atoms with van der Waals surface area (Å²) >= 11 is 0. The summed E-state index contributed by atoms with van der Waals surface area (Å²) in [4.78, 5) is 18.5. The van der Waals surface area contributed by atoms with Gasteiger partial charge in [0.25, 0.3) is 0 Å². The van der Waals surface area contributed by atoms with Crippen LogP contribution in [-0.4, -0.2) is 22.3 Å². The molecule has 23 heavy (non-hydrogen) atoms. The van der Waals surface area contributed by atoms with Crippen molar-refractivity contribution < 1.29 is 13.6 Å². The van der Waals surface area contributed by atoms with Crippen LogP contribution in [0.5, 0.6) is 0 Å². The van der Waals surface area contributed by atoms with Crippen molar-refractivity contribution >= 4 is 5.91 Å². The summed E-state index contributed by atoms with van der Waals surface area (Å²) in [6, 6.07) is 6.54. The van der Waals surface area contributed by atoms with Gasteiger partial charge in [0.15, 0.2) is 0 Å². The minimum Gasteiger partial charge on any atom is -0.443 e. The first kappa shape index (κ1) is 15.7. The minimum atomic E-state index is -0.247. The molecule has 0 N–H and O–H groups in total. The molecule has 0 aliphatic carbocycles. The first-order chi connectivity index (χ1) is 11.1. The van der Waals surface area contributed by atoms with Crippen molar-refractivity contribution in [2.75, 3.05) is 6.54 Å². The molecule has 0 spiro atoms. The molecule has 1 aromatic carbocycles. The van der Waals surface area contributed by atoms with Crippen molar-refractivity contribution in [3.63, 3.8) is 0 Å². The average molecular weight is 316 g/mol. The van der Waals surface area contributed by atoms with Crippen molar-refractivity contribution in [2.45, 2.75) is 39.2 Å². The third-order valence-electron chi connectivity index (χ3n) is 4.21. The number of carbonyl (C=O) groups excluding carboxylic acids is 1. The standard InChI is InChI=1S/C18H21FN2O2/c1-12(2)18(22)21-9-5-8-16(21)17-20-11-14(23-17)10-13-6-3-4-7-15(13)19/h3-4,6-7,11-12,16H,5,8-10H2,1-2H3. The summed E-state index contributed by atoms with van der Waals surface area (Å²) in [6.07, 6.45) is 3.81. The van der Waals surface area contributed by atoms with Crippen molar-refractivity contribution in [2.24, 2.45) is 5.92 Å². The largest absolute Gasteiger partial charge is 0.443 e. The number of rotatable bonds is 4.